The fourth-order valence-electron chi connectivity index (χ4n) is 4.69. The topological polar surface area (TPSA) is 78.5 Å². The molecule has 1 amide bonds. The first-order valence-electron chi connectivity index (χ1n) is 12.4. The molecule has 0 aromatic heterocycles. The van der Waals surface area contributed by atoms with Gasteiger partial charge in [0, 0.05) is 31.1 Å². The summed E-state index contributed by atoms with van der Waals surface area (Å²) in [6, 6.07) is 22.2. The molecule has 2 atom stereocenters. The van der Waals surface area contributed by atoms with Gasteiger partial charge in [0.25, 0.3) is 0 Å². The van der Waals surface area contributed by atoms with E-state index in [0.717, 1.165) is 37.9 Å². The second kappa shape index (κ2) is 11.3. The molecular formula is C28H35N3O3S. The fraction of sp³-hybridized carbons (Fsp3) is 0.393. The van der Waals surface area contributed by atoms with Gasteiger partial charge in [-0.05, 0) is 35.8 Å². The van der Waals surface area contributed by atoms with Crippen LogP contribution in [0, 0.1) is 5.92 Å². The highest BCUT2D eigenvalue weighted by atomic mass is 32.2. The summed E-state index contributed by atoms with van der Waals surface area (Å²) in [6.07, 6.45) is 2.38. The number of nitrogens with zero attached hydrogens (tertiary/aromatic N) is 1. The predicted molar refractivity (Wildman–Crippen MR) is 140 cm³/mol. The Kier molecular flexibility index (Phi) is 8.21. The number of piperidine rings is 1. The zero-order valence-electron chi connectivity index (χ0n) is 20.5. The Labute approximate surface area is 208 Å². The van der Waals surface area contributed by atoms with Gasteiger partial charge in [0.05, 0.1) is 4.90 Å². The quantitative estimate of drug-likeness (QED) is 0.466. The normalized spacial score (nSPS) is 17.2. The van der Waals surface area contributed by atoms with Crippen molar-refractivity contribution < 1.29 is 13.2 Å². The Balaban J connectivity index is 1.42. The monoisotopic (exact) mass is 493 g/mol. The Morgan fingerprint density at radius 1 is 0.971 bits per heavy atom. The zero-order valence-corrected chi connectivity index (χ0v) is 21.3. The zero-order chi connectivity index (χ0) is 24.8. The average molecular weight is 494 g/mol. The number of hydrogen-bond acceptors (Lipinski definition) is 4. The molecule has 1 saturated heterocycles. The minimum absolute atomic E-state index is 0.0446. The van der Waals surface area contributed by atoms with Gasteiger partial charge in [-0.2, -0.15) is 4.72 Å². The lowest BCUT2D eigenvalue weighted by molar-refractivity contribution is -0.124. The number of fused-ring (bicyclic) bond motifs is 1. The number of nitrogens with one attached hydrogen (secondary N) is 2. The largest absolute Gasteiger partial charge is 0.352 e. The van der Waals surface area contributed by atoms with Crippen molar-refractivity contribution >= 4 is 26.7 Å². The smallest absolute Gasteiger partial charge is 0.241 e. The number of likely N-dealkylation sites (tertiary alicyclic amines) is 1. The second-order valence-corrected chi connectivity index (χ2v) is 11.2. The lowest BCUT2D eigenvalue weighted by atomic mass is 9.98. The van der Waals surface area contributed by atoms with E-state index in [2.05, 4.69) is 39.2 Å². The number of sulfonamides is 1. The van der Waals surface area contributed by atoms with E-state index in [1.165, 1.54) is 5.56 Å². The van der Waals surface area contributed by atoms with E-state index in [-0.39, 0.29) is 22.8 Å². The second-order valence-electron chi connectivity index (χ2n) is 9.51. The number of hydrogen-bond donors (Lipinski definition) is 2. The number of carbonyl (C=O) groups excluding carboxylic acids is 1. The maximum Gasteiger partial charge on any atom is 0.241 e. The van der Waals surface area contributed by atoms with E-state index < -0.39 is 16.1 Å². The van der Waals surface area contributed by atoms with Crippen LogP contribution < -0.4 is 10.0 Å². The molecule has 35 heavy (non-hydrogen) atoms. The molecule has 1 aliphatic rings. The molecule has 3 aromatic rings. The Morgan fingerprint density at radius 2 is 1.63 bits per heavy atom. The van der Waals surface area contributed by atoms with Crippen molar-refractivity contribution in [2.24, 2.45) is 5.92 Å². The molecule has 2 N–H and O–H groups in total. The van der Waals surface area contributed by atoms with Crippen molar-refractivity contribution in [1.82, 2.24) is 14.9 Å². The summed E-state index contributed by atoms with van der Waals surface area (Å²) in [7, 11) is -3.89. The molecule has 1 fully saturated rings. The first kappa shape index (κ1) is 25.4. The number of amides is 1. The van der Waals surface area contributed by atoms with Crippen molar-refractivity contribution in [2.45, 2.75) is 56.6 Å². The van der Waals surface area contributed by atoms with E-state index >= 15 is 0 Å². The maximum absolute atomic E-state index is 13.4. The predicted octanol–water partition coefficient (Wildman–Crippen LogP) is 4.31. The van der Waals surface area contributed by atoms with Crippen LogP contribution in [0.4, 0.5) is 0 Å². The first-order chi connectivity index (χ1) is 16.9. The highest BCUT2D eigenvalue weighted by Gasteiger charge is 2.32. The SMILES string of the molecule is CCC(C)C(NS(=O)(=O)c1cccc2ccccc12)C(=O)NC1CCN(Cc2ccccc2)CC1. The molecule has 4 rings (SSSR count). The molecule has 0 bridgehead atoms. The fourth-order valence-corrected chi connectivity index (χ4v) is 6.23. The van der Waals surface area contributed by atoms with Gasteiger partial charge in [-0.25, -0.2) is 8.42 Å². The molecule has 7 heteroatoms. The average Bonchev–Trinajstić information content (AvgIpc) is 2.88. The first-order valence-corrected chi connectivity index (χ1v) is 13.9. The van der Waals surface area contributed by atoms with Crippen molar-refractivity contribution in [1.29, 1.82) is 0 Å². The van der Waals surface area contributed by atoms with Crippen LogP contribution in [-0.2, 0) is 21.4 Å². The summed E-state index contributed by atoms with van der Waals surface area (Å²) in [6.45, 7) is 6.59. The third-order valence-electron chi connectivity index (χ3n) is 7.00. The standard InChI is InChI=1S/C28H35N3O3S/c1-3-21(2)27(30-35(33,34)26-15-9-13-23-12-7-8-14-25(23)26)28(32)29-24-16-18-31(19-17-24)20-22-10-5-4-6-11-22/h4-15,21,24,27,30H,3,16-20H2,1-2H3,(H,29,32). The Morgan fingerprint density at radius 3 is 2.34 bits per heavy atom. The number of carbonyl (C=O) groups is 1. The van der Waals surface area contributed by atoms with Crippen molar-refractivity contribution in [3.63, 3.8) is 0 Å². The Bertz CT molecular complexity index is 1230. The summed E-state index contributed by atoms with van der Waals surface area (Å²) in [5.74, 6) is -0.386. The molecule has 6 nitrogen and oxygen atoms in total. The highest BCUT2D eigenvalue weighted by Crippen LogP contribution is 2.24. The van der Waals surface area contributed by atoms with Gasteiger partial charge in [-0.15, -0.1) is 0 Å². The van der Waals surface area contributed by atoms with E-state index in [1.54, 1.807) is 18.2 Å². The van der Waals surface area contributed by atoms with Crippen LogP contribution in [0.25, 0.3) is 10.8 Å². The van der Waals surface area contributed by atoms with E-state index in [1.807, 2.05) is 44.2 Å². The third kappa shape index (κ3) is 6.28. The van der Waals surface area contributed by atoms with Crippen molar-refractivity contribution in [3.05, 3.63) is 78.4 Å². The molecule has 1 heterocycles. The minimum Gasteiger partial charge on any atom is -0.352 e. The Hall–Kier alpha value is -2.74. The summed E-state index contributed by atoms with van der Waals surface area (Å²) in [5, 5.41) is 4.64. The van der Waals surface area contributed by atoms with Gasteiger partial charge >= 0.3 is 0 Å². The van der Waals surface area contributed by atoms with Crippen molar-refractivity contribution in [3.8, 4) is 0 Å². The highest BCUT2D eigenvalue weighted by molar-refractivity contribution is 7.89. The molecule has 3 aromatic carbocycles. The molecule has 0 saturated carbocycles. The van der Waals surface area contributed by atoms with E-state index in [4.69, 9.17) is 0 Å². The molecule has 0 spiro atoms. The molecule has 1 aliphatic heterocycles. The lowest BCUT2D eigenvalue weighted by Crippen LogP contribution is -2.54. The van der Waals surface area contributed by atoms with Crippen LogP contribution >= 0.6 is 0 Å². The minimum atomic E-state index is -3.89. The summed E-state index contributed by atoms with van der Waals surface area (Å²) in [4.78, 5) is 15.9. The number of rotatable bonds is 9. The van der Waals surface area contributed by atoms with Gasteiger partial charge in [-0.3, -0.25) is 9.69 Å². The van der Waals surface area contributed by atoms with Gasteiger partial charge in [0.2, 0.25) is 15.9 Å². The molecule has 0 aliphatic carbocycles. The number of benzene rings is 3. The molecule has 2 unspecified atom stereocenters. The van der Waals surface area contributed by atoms with Crippen LogP contribution in [-0.4, -0.2) is 44.4 Å². The maximum atomic E-state index is 13.4. The van der Waals surface area contributed by atoms with Crippen LogP contribution in [0.1, 0.15) is 38.7 Å². The lowest BCUT2D eigenvalue weighted by Gasteiger charge is -2.33. The molecule has 0 radical (unpaired) electrons. The third-order valence-corrected chi connectivity index (χ3v) is 8.50. The van der Waals surface area contributed by atoms with Gasteiger partial charge in [0.15, 0.2) is 0 Å². The van der Waals surface area contributed by atoms with Crippen LogP contribution in [0.15, 0.2) is 77.7 Å². The van der Waals surface area contributed by atoms with Crippen LogP contribution in [0.2, 0.25) is 0 Å². The van der Waals surface area contributed by atoms with Gasteiger partial charge in [0.1, 0.15) is 6.04 Å². The molecule has 186 valence electrons. The van der Waals surface area contributed by atoms with Crippen molar-refractivity contribution in [2.75, 3.05) is 13.1 Å². The van der Waals surface area contributed by atoms with Gasteiger partial charge < -0.3 is 5.32 Å². The van der Waals surface area contributed by atoms with Crippen LogP contribution in [0.5, 0.6) is 0 Å². The van der Waals surface area contributed by atoms with Gasteiger partial charge in [-0.1, -0.05) is 87.0 Å². The molecular weight excluding hydrogens is 458 g/mol. The van der Waals surface area contributed by atoms with E-state index in [9.17, 15) is 13.2 Å². The summed E-state index contributed by atoms with van der Waals surface area (Å²) >= 11 is 0. The summed E-state index contributed by atoms with van der Waals surface area (Å²) in [5.41, 5.74) is 1.29. The van der Waals surface area contributed by atoms with E-state index in [0.29, 0.717) is 11.8 Å². The summed E-state index contributed by atoms with van der Waals surface area (Å²) < 4.78 is 29.5. The van der Waals surface area contributed by atoms with Crippen LogP contribution in [0.3, 0.4) is 0 Å².